The van der Waals surface area contributed by atoms with Crippen LogP contribution in [0.15, 0.2) is 65.5 Å². The number of halogens is 2. The number of benzene rings is 2. The van der Waals surface area contributed by atoms with Gasteiger partial charge < -0.3 is 5.32 Å². The third kappa shape index (κ3) is 3.94. The first-order valence-electron chi connectivity index (χ1n) is 8.35. The Hall–Kier alpha value is -3.07. The first-order valence-corrected chi connectivity index (χ1v) is 9.16. The molecule has 28 heavy (non-hydrogen) atoms. The lowest BCUT2D eigenvalue weighted by atomic mass is 10.1. The zero-order chi connectivity index (χ0) is 20.3. The third-order valence-corrected chi connectivity index (χ3v) is 4.88. The second-order valence-corrected chi connectivity index (χ2v) is 6.89. The minimum atomic E-state index is -0.891. The Morgan fingerprint density at radius 1 is 1.14 bits per heavy atom. The van der Waals surface area contributed by atoms with Crippen LogP contribution in [0.25, 0.3) is 5.69 Å². The molecular weight excluding hydrogens is 397 g/mol. The van der Waals surface area contributed by atoms with Crippen LogP contribution in [0.3, 0.4) is 0 Å². The van der Waals surface area contributed by atoms with Gasteiger partial charge in [0, 0.05) is 16.3 Å². The van der Waals surface area contributed by atoms with Crippen LogP contribution in [0.2, 0.25) is 5.02 Å². The maximum Gasteiger partial charge on any atom is 0.268 e. The van der Waals surface area contributed by atoms with Crippen molar-refractivity contribution in [1.82, 2.24) is 9.88 Å². The molecule has 1 N–H and O–H groups in total. The Kier molecular flexibility index (Phi) is 5.84. The fourth-order valence-corrected chi connectivity index (χ4v) is 3.38. The summed E-state index contributed by atoms with van der Waals surface area (Å²) >= 11 is 12.4. The summed E-state index contributed by atoms with van der Waals surface area (Å²) in [5, 5.41) is 12.1. The van der Waals surface area contributed by atoms with E-state index in [9.17, 15) is 9.59 Å². The van der Waals surface area contributed by atoms with Gasteiger partial charge in [-0.3, -0.25) is 14.2 Å². The molecule has 0 bridgehead atoms. The van der Waals surface area contributed by atoms with E-state index in [1.807, 2.05) is 6.07 Å². The van der Waals surface area contributed by atoms with Crippen molar-refractivity contribution in [1.29, 1.82) is 5.26 Å². The number of carbonyl (C=O) groups is 1. The van der Waals surface area contributed by atoms with E-state index in [0.29, 0.717) is 27.5 Å². The van der Waals surface area contributed by atoms with Crippen molar-refractivity contribution < 1.29 is 4.79 Å². The smallest absolute Gasteiger partial charge is 0.268 e. The van der Waals surface area contributed by atoms with Gasteiger partial charge in [-0.1, -0.05) is 47.5 Å². The topological polar surface area (TPSA) is 74.9 Å². The summed E-state index contributed by atoms with van der Waals surface area (Å²) in [5.41, 5.74) is 0.625. The number of alkyl halides is 1. The maximum atomic E-state index is 13.0. The van der Waals surface area contributed by atoms with Gasteiger partial charge in [0.1, 0.15) is 11.1 Å². The molecule has 1 heterocycles. The highest BCUT2D eigenvalue weighted by Gasteiger charge is 2.19. The highest BCUT2D eigenvalue weighted by atomic mass is 35.5. The number of nitriles is 1. The number of nitrogens with one attached hydrogen (secondary N) is 1. The van der Waals surface area contributed by atoms with E-state index in [1.165, 1.54) is 10.6 Å². The number of amides is 1. The zero-order valence-corrected chi connectivity index (χ0v) is 16.3. The Morgan fingerprint density at radius 3 is 2.61 bits per heavy atom. The summed E-state index contributed by atoms with van der Waals surface area (Å²) in [7, 11) is 0. The lowest BCUT2D eigenvalue weighted by Crippen LogP contribution is -2.34. The molecule has 3 rings (SSSR count). The maximum absolute atomic E-state index is 13.0. The van der Waals surface area contributed by atoms with Crippen molar-refractivity contribution in [3.05, 3.63) is 98.4 Å². The van der Waals surface area contributed by atoms with Crippen LogP contribution in [0.1, 0.15) is 32.7 Å². The van der Waals surface area contributed by atoms with Crippen molar-refractivity contribution in [2.24, 2.45) is 0 Å². The fourth-order valence-electron chi connectivity index (χ4n) is 2.79. The molecule has 0 saturated heterocycles. The molecule has 2 aromatic carbocycles. The molecular formula is C21H15Cl2N3O2. The van der Waals surface area contributed by atoms with Gasteiger partial charge in [0.25, 0.3) is 11.5 Å². The van der Waals surface area contributed by atoms with E-state index in [4.69, 9.17) is 28.5 Å². The summed E-state index contributed by atoms with van der Waals surface area (Å²) in [6.45, 7) is 1.75. The second-order valence-electron chi connectivity index (χ2n) is 6.05. The molecule has 0 saturated carbocycles. The van der Waals surface area contributed by atoms with Gasteiger partial charge in [0.05, 0.1) is 17.3 Å². The summed E-state index contributed by atoms with van der Waals surface area (Å²) in [4.78, 5) is 25.6. The summed E-state index contributed by atoms with van der Waals surface area (Å²) < 4.78 is 1.38. The lowest BCUT2D eigenvalue weighted by Gasteiger charge is -2.15. The summed E-state index contributed by atoms with van der Waals surface area (Å²) in [6, 6.07) is 18.6. The largest absolute Gasteiger partial charge is 0.332 e. The van der Waals surface area contributed by atoms with Gasteiger partial charge in [-0.25, -0.2) is 0 Å². The van der Waals surface area contributed by atoms with Gasteiger partial charge in [0.15, 0.2) is 0 Å². The van der Waals surface area contributed by atoms with E-state index >= 15 is 0 Å². The molecule has 1 aromatic heterocycles. The van der Waals surface area contributed by atoms with Crippen LogP contribution < -0.4 is 10.9 Å². The molecule has 0 spiro atoms. The molecule has 7 heteroatoms. The lowest BCUT2D eigenvalue weighted by molar-refractivity contribution is 0.0947. The molecule has 1 amide bonds. The van der Waals surface area contributed by atoms with Gasteiger partial charge >= 0.3 is 0 Å². The number of hydrogen-bond donors (Lipinski definition) is 1. The van der Waals surface area contributed by atoms with Gasteiger partial charge in [-0.05, 0) is 43.3 Å². The summed E-state index contributed by atoms with van der Waals surface area (Å²) in [6.07, 6.45) is 0. The van der Waals surface area contributed by atoms with Crippen molar-refractivity contribution in [3.63, 3.8) is 0 Å². The standard InChI is InChI=1S/C21H15Cl2N3O2/c1-13-9-10-17(20(27)25-19(23)16-7-2-3-8-18(16)22)21(28)26(13)15-6-4-5-14(11-15)12-24/h2-11,19H,1H3,(H,25,27). The number of nitrogens with zero attached hydrogens (tertiary/aromatic N) is 2. The molecule has 140 valence electrons. The van der Waals surface area contributed by atoms with Gasteiger partial charge in [-0.15, -0.1) is 0 Å². The number of rotatable bonds is 4. The molecule has 0 aliphatic heterocycles. The molecule has 1 atom stereocenters. The van der Waals surface area contributed by atoms with Gasteiger partial charge in [-0.2, -0.15) is 5.26 Å². The Labute approximate surface area is 171 Å². The predicted octanol–water partition coefficient (Wildman–Crippen LogP) is 4.34. The number of carbonyl (C=O) groups excluding carboxylic acids is 1. The number of aromatic nitrogens is 1. The van der Waals surface area contributed by atoms with Crippen LogP contribution >= 0.6 is 23.2 Å². The van der Waals surface area contributed by atoms with Crippen LogP contribution in [0.4, 0.5) is 0 Å². The zero-order valence-electron chi connectivity index (χ0n) is 14.8. The van der Waals surface area contributed by atoms with Crippen molar-refractivity contribution in [3.8, 4) is 11.8 Å². The SMILES string of the molecule is Cc1ccc(C(=O)NC(Cl)c2ccccc2Cl)c(=O)n1-c1cccc(C#N)c1. The van der Waals surface area contributed by atoms with E-state index in [-0.39, 0.29) is 5.56 Å². The first kappa shape index (κ1) is 19.7. The Balaban J connectivity index is 1.97. The van der Waals surface area contributed by atoms with Crippen molar-refractivity contribution in [2.45, 2.75) is 12.4 Å². The van der Waals surface area contributed by atoms with E-state index < -0.39 is 17.0 Å². The molecule has 0 radical (unpaired) electrons. The monoisotopic (exact) mass is 411 g/mol. The highest BCUT2D eigenvalue weighted by molar-refractivity contribution is 6.33. The highest BCUT2D eigenvalue weighted by Crippen LogP contribution is 2.25. The summed E-state index contributed by atoms with van der Waals surface area (Å²) in [5.74, 6) is -0.616. The Bertz CT molecular complexity index is 1150. The van der Waals surface area contributed by atoms with Crippen LogP contribution in [-0.4, -0.2) is 10.5 Å². The number of hydrogen-bond acceptors (Lipinski definition) is 3. The number of aryl methyl sites for hydroxylation is 1. The minimum Gasteiger partial charge on any atom is -0.332 e. The molecule has 0 aliphatic rings. The van der Waals surface area contributed by atoms with Crippen LogP contribution in [0, 0.1) is 18.3 Å². The van der Waals surface area contributed by atoms with Crippen molar-refractivity contribution >= 4 is 29.1 Å². The van der Waals surface area contributed by atoms with E-state index in [2.05, 4.69) is 5.32 Å². The molecule has 5 nitrogen and oxygen atoms in total. The fraction of sp³-hybridized carbons (Fsp3) is 0.0952. The van der Waals surface area contributed by atoms with E-state index in [0.717, 1.165) is 0 Å². The Morgan fingerprint density at radius 2 is 1.89 bits per heavy atom. The van der Waals surface area contributed by atoms with Crippen LogP contribution in [0.5, 0.6) is 0 Å². The molecule has 0 aliphatic carbocycles. The molecule has 3 aromatic rings. The van der Waals surface area contributed by atoms with Gasteiger partial charge in [0.2, 0.25) is 0 Å². The molecule has 1 unspecified atom stereocenters. The first-order chi connectivity index (χ1) is 13.4. The predicted molar refractivity (Wildman–Crippen MR) is 109 cm³/mol. The average Bonchev–Trinajstić information content (AvgIpc) is 2.68. The quantitative estimate of drug-likeness (QED) is 0.512. The van der Waals surface area contributed by atoms with Crippen LogP contribution in [-0.2, 0) is 0 Å². The minimum absolute atomic E-state index is 0.0642. The van der Waals surface area contributed by atoms with Crippen molar-refractivity contribution in [2.75, 3.05) is 0 Å². The van der Waals surface area contributed by atoms with E-state index in [1.54, 1.807) is 61.5 Å². The number of pyridine rings is 1. The normalized spacial score (nSPS) is 11.5. The third-order valence-electron chi connectivity index (χ3n) is 4.19. The second kappa shape index (κ2) is 8.30. The molecule has 0 fully saturated rings. The average molecular weight is 412 g/mol.